The van der Waals surface area contributed by atoms with E-state index in [-0.39, 0.29) is 36.8 Å². The third kappa shape index (κ3) is 6.73. The minimum atomic E-state index is -3.57. The predicted molar refractivity (Wildman–Crippen MR) is 117 cm³/mol. The fourth-order valence-corrected chi connectivity index (χ4v) is 3.70. The number of hydrogen-bond acceptors (Lipinski definition) is 5. The van der Waals surface area contributed by atoms with Gasteiger partial charge in [0, 0.05) is 18.2 Å². The molecule has 0 unspecified atom stereocenters. The number of sulfonamides is 1. The van der Waals surface area contributed by atoms with E-state index in [9.17, 15) is 17.6 Å². The van der Waals surface area contributed by atoms with Gasteiger partial charge in [0.25, 0.3) is 5.56 Å². The number of halogens is 1. The predicted octanol–water partition coefficient (Wildman–Crippen LogP) is 2.61. The highest BCUT2D eigenvalue weighted by atomic mass is 32.2. The molecule has 0 atom stereocenters. The van der Waals surface area contributed by atoms with Gasteiger partial charge in [-0.25, -0.2) is 22.2 Å². The molecule has 0 saturated heterocycles. The van der Waals surface area contributed by atoms with Crippen LogP contribution in [0.3, 0.4) is 0 Å². The van der Waals surface area contributed by atoms with Gasteiger partial charge in [0.2, 0.25) is 10.0 Å². The molecule has 2 aromatic carbocycles. The van der Waals surface area contributed by atoms with Crippen molar-refractivity contribution in [2.24, 2.45) is 0 Å². The Balaban J connectivity index is 1.51. The zero-order chi connectivity index (χ0) is 22.3. The fraction of sp³-hybridized carbons (Fsp3) is 0.273. The van der Waals surface area contributed by atoms with Crippen molar-refractivity contribution in [2.75, 3.05) is 18.9 Å². The Morgan fingerprint density at radius 1 is 1.03 bits per heavy atom. The number of nitrogens with one attached hydrogen (secondary N) is 1. The van der Waals surface area contributed by atoms with Crippen LogP contribution in [-0.4, -0.2) is 37.1 Å². The van der Waals surface area contributed by atoms with Crippen LogP contribution in [0.2, 0.25) is 0 Å². The van der Waals surface area contributed by atoms with Crippen molar-refractivity contribution in [3.8, 4) is 17.0 Å². The Hall–Kier alpha value is -3.04. The highest BCUT2D eigenvalue weighted by molar-refractivity contribution is 7.89. The Morgan fingerprint density at radius 2 is 1.74 bits per heavy atom. The average molecular weight is 446 g/mol. The summed E-state index contributed by atoms with van der Waals surface area (Å²) in [6.07, 6.45) is 0.920. The molecule has 0 fully saturated rings. The van der Waals surface area contributed by atoms with Gasteiger partial charge < -0.3 is 4.74 Å². The Bertz CT molecular complexity index is 1160. The van der Waals surface area contributed by atoms with Crippen LogP contribution < -0.4 is 15.0 Å². The molecule has 0 aliphatic heterocycles. The van der Waals surface area contributed by atoms with Crippen LogP contribution in [0.5, 0.6) is 5.75 Å². The lowest BCUT2D eigenvalue weighted by Crippen LogP contribution is -2.34. The SMILES string of the molecule is CCc1ccc(OCCS(=O)(=O)NCCn2nc(-c3ccc(F)cc3)ccc2=O)cc1. The molecule has 0 bridgehead atoms. The number of hydrogen-bond donors (Lipinski definition) is 1. The Labute approximate surface area is 180 Å². The molecule has 1 aromatic heterocycles. The van der Waals surface area contributed by atoms with E-state index in [1.165, 1.54) is 28.4 Å². The molecule has 0 aliphatic rings. The van der Waals surface area contributed by atoms with Gasteiger partial charge in [0.1, 0.15) is 18.2 Å². The molecular formula is C22H24FN3O4S. The van der Waals surface area contributed by atoms with E-state index < -0.39 is 10.0 Å². The van der Waals surface area contributed by atoms with Crippen molar-refractivity contribution in [2.45, 2.75) is 19.9 Å². The van der Waals surface area contributed by atoms with E-state index in [1.54, 1.807) is 18.2 Å². The van der Waals surface area contributed by atoms with E-state index in [4.69, 9.17) is 4.74 Å². The normalized spacial score (nSPS) is 11.4. The highest BCUT2D eigenvalue weighted by Gasteiger charge is 2.11. The van der Waals surface area contributed by atoms with Crippen molar-refractivity contribution in [3.05, 3.63) is 82.4 Å². The van der Waals surface area contributed by atoms with Crippen LogP contribution in [0, 0.1) is 5.82 Å². The number of nitrogens with zero attached hydrogens (tertiary/aromatic N) is 2. The monoisotopic (exact) mass is 445 g/mol. The van der Waals surface area contributed by atoms with E-state index >= 15 is 0 Å². The van der Waals surface area contributed by atoms with Gasteiger partial charge >= 0.3 is 0 Å². The lowest BCUT2D eigenvalue weighted by Gasteiger charge is -2.10. The average Bonchev–Trinajstić information content (AvgIpc) is 2.76. The Morgan fingerprint density at radius 3 is 2.42 bits per heavy atom. The van der Waals surface area contributed by atoms with Gasteiger partial charge in [-0.15, -0.1) is 0 Å². The molecule has 7 nitrogen and oxygen atoms in total. The number of benzene rings is 2. The first-order chi connectivity index (χ1) is 14.9. The molecule has 0 amide bonds. The van der Waals surface area contributed by atoms with E-state index in [2.05, 4.69) is 16.7 Å². The molecule has 31 heavy (non-hydrogen) atoms. The van der Waals surface area contributed by atoms with Crippen LogP contribution in [0.1, 0.15) is 12.5 Å². The summed E-state index contributed by atoms with van der Waals surface area (Å²) in [6.45, 7) is 2.13. The lowest BCUT2D eigenvalue weighted by molar-refractivity contribution is 0.340. The van der Waals surface area contributed by atoms with Gasteiger partial charge in [-0.1, -0.05) is 19.1 Å². The number of aromatic nitrogens is 2. The molecule has 1 heterocycles. The summed E-state index contributed by atoms with van der Waals surface area (Å²) in [7, 11) is -3.57. The first-order valence-electron chi connectivity index (χ1n) is 9.89. The molecular weight excluding hydrogens is 421 g/mol. The van der Waals surface area contributed by atoms with Crippen LogP contribution in [0.25, 0.3) is 11.3 Å². The summed E-state index contributed by atoms with van der Waals surface area (Å²) in [5.41, 5.74) is 1.96. The zero-order valence-corrected chi connectivity index (χ0v) is 17.9. The molecule has 9 heteroatoms. The number of rotatable bonds is 10. The first kappa shape index (κ1) is 22.6. The molecule has 0 aliphatic carbocycles. The second-order valence-corrected chi connectivity index (χ2v) is 8.77. The number of ether oxygens (including phenoxy) is 1. The summed E-state index contributed by atoms with van der Waals surface area (Å²) in [5.74, 6) is 0.0368. The smallest absolute Gasteiger partial charge is 0.266 e. The van der Waals surface area contributed by atoms with E-state index in [1.807, 2.05) is 24.3 Å². The zero-order valence-electron chi connectivity index (χ0n) is 17.1. The molecule has 0 saturated carbocycles. The van der Waals surface area contributed by atoms with Gasteiger partial charge in [-0.05, 0) is 54.4 Å². The van der Waals surface area contributed by atoms with Crippen LogP contribution in [0.15, 0.2) is 65.5 Å². The summed E-state index contributed by atoms with van der Waals surface area (Å²) >= 11 is 0. The van der Waals surface area contributed by atoms with Crippen molar-refractivity contribution in [1.82, 2.24) is 14.5 Å². The maximum absolute atomic E-state index is 13.1. The maximum atomic E-state index is 13.1. The van der Waals surface area contributed by atoms with Crippen molar-refractivity contribution < 1.29 is 17.5 Å². The molecule has 0 spiro atoms. The van der Waals surface area contributed by atoms with E-state index in [0.29, 0.717) is 17.0 Å². The molecule has 0 radical (unpaired) electrons. The lowest BCUT2D eigenvalue weighted by atomic mass is 10.1. The molecule has 3 aromatic rings. The first-order valence-corrected chi connectivity index (χ1v) is 11.5. The summed E-state index contributed by atoms with van der Waals surface area (Å²) in [5, 5.41) is 4.23. The second kappa shape index (κ2) is 10.3. The minimum absolute atomic E-state index is 0.00725. The minimum Gasteiger partial charge on any atom is -0.492 e. The van der Waals surface area contributed by atoms with Crippen molar-refractivity contribution in [3.63, 3.8) is 0 Å². The highest BCUT2D eigenvalue weighted by Crippen LogP contribution is 2.15. The summed E-state index contributed by atoms with van der Waals surface area (Å²) in [6, 6.07) is 16.1. The Kier molecular flexibility index (Phi) is 7.54. The molecule has 3 rings (SSSR count). The van der Waals surface area contributed by atoms with Crippen LogP contribution >= 0.6 is 0 Å². The van der Waals surface area contributed by atoms with Crippen LogP contribution in [0.4, 0.5) is 4.39 Å². The van der Waals surface area contributed by atoms with Crippen LogP contribution in [-0.2, 0) is 23.0 Å². The topological polar surface area (TPSA) is 90.3 Å². The third-order valence-corrected chi connectivity index (χ3v) is 5.95. The quantitative estimate of drug-likeness (QED) is 0.518. The van der Waals surface area contributed by atoms with E-state index in [0.717, 1.165) is 6.42 Å². The van der Waals surface area contributed by atoms with Gasteiger partial charge in [-0.2, -0.15) is 5.10 Å². The third-order valence-electron chi connectivity index (χ3n) is 4.60. The van der Waals surface area contributed by atoms with Gasteiger partial charge in [0.15, 0.2) is 0 Å². The molecule has 1 N–H and O–H groups in total. The largest absolute Gasteiger partial charge is 0.492 e. The van der Waals surface area contributed by atoms with Gasteiger partial charge in [-0.3, -0.25) is 4.79 Å². The van der Waals surface area contributed by atoms with Crippen molar-refractivity contribution >= 4 is 10.0 Å². The fourth-order valence-electron chi connectivity index (χ4n) is 2.85. The van der Waals surface area contributed by atoms with Gasteiger partial charge in [0.05, 0.1) is 18.0 Å². The summed E-state index contributed by atoms with van der Waals surface area (Å²) in [4.78, 5) is 12.0. The molecule has 164 valence electrons. The maximum Gasteiger partial charge on any atom is 0.266 e. The number of aryl methyl sites for hydroxylation is 1. The summed E-state index contributed by atoms with van der Waals surface area (Å²) < 4.78 is 46.6. The standard InChI is InChI=1S/C22H24FN3O4S/c1-2-17-3-9-20(10-4-17)30-15-16-31(28,29)24-13-14-26-22(27)12-11-21(25-26)18-5-7-19(23)8-6-18/h3-12,24H,2,13-16H2,1H3. The van der Waals surface area contributed by atoms with Crippen molar-refractivity contribution in [1.29, 1.82) is 0 Å². The second-order valence-electron chi connectivity index (χ2n) is 6.85.